The SMILES string of the molecule is C=CCN(CC=C)S(=O)(=O)c1ccc2c(c1)CC(CN)O2. The van der Waals surface area contributed by atoms with Crippen molar-refractivity contribution in [3.05, 3.63) is 49.1 Å². The van der Waals surface area contributed by atoms with Crippen molar-refractivity contribution in [1.82, 2.24) is 4.31 Å². The van der Waals surface area contributed by atoms with Crippen LogP contribution in [-0.4, -0.2) is 38.5 Å². The zero-order valence-electron chi connectivity index (χ0n) is 11.9. The monoisotopic (exact) mass is 308 g/mol. The second-order valence-corrected chi connectivity index (χ2v) is 6.79. The summed E-state index contributed by atoms with van der Waals surface area (Å²) in [5, 5.41) is 0. The predicted molar refractivity (Wildman–Crippen MR) is 82.8 cm³/mol. The number of sulfonamides is 1. The Labute approximate surface area is 125 Å². The molecular formula is C15H20N2O3S. The van der Waals surface area contributed by atoms with Crippen LogP contribution in [0.2, 0.25) is 0 Å². The molecule has 2 N–H and O–H groups in total. The van der Waals surface area contributed by atoms with Gasteiger partial charge in [0.25, 0.3) is 0 Å². The highest BCUT2D eigenvalue weighted by Gasteiger charge is 2.27. The van der Waals surface area contributed by atoms with Gasteiger partial charge in [0, 0.05) is 26.1 Å². The maximum atomic E-state index is 12.6. The van der Waals surface area contributed by atoms with E-state index in [0.29, 0.717) is 18.7 Å². The summed E-state index contributed by atoms with van der Waals surface area (Å²) in [4.78, 5) is 0.256. The lowest BCUT2D eigenvalue weighted by Gasteiger charge is -2.19. The van der Waals surface area contributed by atoms with Crippen LogP contribution in [0.3, 0.4) is 0 Å². The maximum absolute atomic E-state index is 12.6. The lowest BCUT2D eigenvalue weighted by Crippen LogP contribution is -2.31. The van der Waals surface area contributed by atoms with E-state index in [2.05, 4.69) is 13.2 Å². The Morgan fingerprint density at radius 3 is 2.57 bits per heavy atom. The largest absolute Gasteiger partial charge is 0.488 e. The molecule has 21 heavy (non-hydrogen) atoms. The smallest absolute Gasteiger partial charge is 0.243 e. The van der Waals surface area contributed by atoms with Crippen molar-refractivity contribution in [3.8, 4) is 5.75 Å². The zero-order valence-corrected chi connectivity index (χ0v) is 12.7. The van der Waals surface area contributed by atoms with Gasteiger partial charge in [0.2, 0.25) is 10.0 Å². The molecule has 0 bridgehead atoms. The molecular weight excluding hydrogens is 288 g/mol. The molecule has 1 atom stereocenters. The van der Waals surface area contributed by atoms with Gasteiger partial charge in [-0.1, -0.05) is 12.2 Å². The maximum Gasteiger partial charge on any atom is 0.243 e. The average molecular weight is 308 g/mol. The fourth-order valence-electron chi connectivity index (χ4n) is 2.30. The molecule has 0 fully saturated rings. The third-order valence-corrected chi connectivity index (χ3v) is 5.17. The number of ether oxygens (including phenoxy) is 1. The van der Waals surface area contributed by atoms with E-state index in [1.54, 1.807) is 30.4 Å². The van der Waals surface area contributed by atoms with E-state index in [4.69, 9.17) is 10.5 Å². The Hall–Kier alpha value is -1.63. The van der Waals surface area contributed by atoms with E-state index < -0.39 is 10.0 Å². The summed E-state index contributed by atoms with van der Waals surface area (Å²) < 4.78 is 32.2. The number of benzene rings is 1. The molecule has 2 rings (SSSR count). The van der Waals surface area contributed by atoms with E-state index in [0.717, 1.165) is 5.56 Å². The molecule has 0 aromatic heterocycles. The highest BCUT2D eigenvalue weighted by Crippen LogP contribution is 2.31. The van der Waals surface area contributed by atoms with Crippen LogP contribution in [0.5, 0.6) is 5.75 Å². The summed E-state index contributed by atoms with van der Waals surface area (Å²) in [6.07, 6.45) is 3.68. The molecule has 6 heteroatoms. The van der Waals surface area contributed by atoms with E-state index in [-0.39, 0.29) is 24.1 Å². The Balaban J connectivity index is 2.33. The van der Waals surface area contributed by atoms with Gasteiger partial charge in [0.05, 0.1) is 4.90 Å². The Morgan fingerprint density at radius 1 is 1.33 bits per heavy atom. The molecule has 1 aromatic rings. The predicted octanol–water partition coefficient (Wildman–Crippen LogP) is 1.31. The minimum Gasteiger partial charge on any atom is -0.488 e. The first-order chi connectivity index (χ1) is 10.0. The number of hydrogen-bond acceptors (Lipinski definition) is 4. The number of nitrogens with zero attached hydrogens (tertiary/aromatic N) is 1. The lowest BCUT2D eigenvalue weighted by atomic mass is 10.1. The molecule has 0 amide bonds. The first-order valence-electron chi connectivity index (χ1n) is 6.74. The van der Waals surface area contributed by atoms with Crippen molar-refractivity contribution in [1.29, 1.82) is 0 Å². The van der Waals surface area contributed by atoms with Crippen LogP contribution in [0, 0.1) is 0 Å². The minimum absolute atomic E-state index is 0.0737. The molecule has 0 saturated carbocycles. The summed E-state index contributed by atoms with van der Waals surface area (Å²) in [6.45, 7) is 8.09. The van der Waals surface area contributed by atoms with Crippen LogP contribution in [0.15, 0.2) is 48.4 Å². The van der Waals surface area contributed by atoms with Crippen molar-refractivity contribution in [2.75, 3.05) is 19.6 Å². The van der Waals surface area contributed by atoms with Gasteiger partial charge < -0.3 is 10.5 Å². The van der Waals surface area contributed by atoms with Gasteiger partial charge in [-0.15, -0.1) is 13.2 Å². The number of fused-ring (bicyclic) bond motifs is 1. The normalized spacial score (nSPS) is 17.3. The van der Waals surface area contributed by atoms with E-state index in [1.165, 1.54) is 4.31 Å². The second-order valence-electron chi connectivity index (χ2n) is 4.85. The van der Waals surface area contributed by atoms with Gasteiger partial charge in [0.15, 0.2) is 0 Å². The summed E-state index contributed by atoms with van der Waals surface area (Å²) in [6, 6.07) is 4.92. The van der Waals surface area contributed by atoms with Crippen LogP contribution in [-0.2, 0) is 16.4 Å². The van der Waals surface area contributed by atoms with Crippen LogP contribution >= 0.6 is 0 Å². The topological polar surface area (TPSA) is 72.6 Å². The van der Waals surface area contributed by atoms with Gasteiger partial charge in [-0.25, -0.2) is 8.42 Å². The van der Waals surface area contributed by atoms with Crippen LogP contribution < -0.4 is 10.5 Å². The van der Waals surface area contributed by atoms with Crippen LogP contribution in [0.4, 0.5) is 0 Å². The van der Waals surface area contributed by atoms with Crippen molar-refractivity contribution in [3.63, 3.8) is 0 Å². The molecule has 0 saturated heterocycles. The van der Waals surface area contributed by atoms with Gasteiger partial charge >= 0.3 is 0 Å². The fourth-order valence-corrected chi connectivity index (χ4v) is 3.73. The van der Waals surface area contributed by atoms with Gasteiger partial charge in [-0.3, -0.25) is 0 Å². The molecule has 1 heterocycles. The summed E-state index contributed by atoms with van der Waals surface area (Å²) in [5.74, 6) is 0.711. The quantitative estimate of drug-likeness (QED) is 0.771. The lowest BCUT2D eigenvalue weighted by molar-refractivity contribution is 0.241. The zero-order chi connectivity index (χ0) is 15.5. The Bertz CT molecular complexity index is 630. The Morgan fingerprint density at radius 2 is 2.00 bits per heavy atom. The summed E-state index contributed by atoms with van der Waals surface area (Å²) in [7, 11) is -3.57. The molecule has 1 aliphatic heterocycles. The van der Waals surface area contributed by atoms with Gasteiger partial charge in [-0.2, -0.15) is 4.31 Å². The Kier molecular flexibility index (Phi) is 4.82. The molecule has 0 aliphatic carbocycles. The number of rotatable bonds is 7. The minimum atomic E-state index is -3.57. The molecule has 5 nitrogen and oxygen atoms in total. The molecule has 0 radical (unpaired) electrons. The van der Waals surface area contributed by atoms with Crippen molar-refractivity contribution < 1.29 is 13.2 Å². The standard InChI is InChI=1S/C15H20N2O3S/c1-3-7-17(8-4-2)21(18,19)14-5-6-15-12(10-14)9-13(11-16)20-15/h3-6,10,13H,1-2,7-9,11,16H2. The first-order valence-corrected chi connectivity index (χ1v) is 8.18. The van der Waals surface area contributed by atoms with Crippen molar-refractivity contribution >= 4 is 10.0 Å². The van der Waals surface area contributed by atoms with E-state index in [1.807, 2.05) is 0 Å². The van der Waals surface area contributed by atoms with Crippen molar-refractivity contribution in [2.45, 2.75) is 17.4 Å². The molecule has 0 spiro atoms. The van der Waals surface area contributed by atoms with Gasteiger partial charge in [0.1, 0.15) is 11.9 Å². The van der Waals surface area contributed by atoms with E-state index >= 15 is 0 Å². The first kappa shape index (κ1) is 15.8. The van der Waals surface area contributed by atoms with Gasteiger partial charge in [-0.05, 0) is 23.8 Å². The molecule has 114 valence electrons. The fraction of sp³-hybridized carbons (Fsp3) is 0.333. The molecule has 1 unspecified atom stereocenters. The summed E-state index contributed by atoms with van der Waals surface area (Å²) in [5.41, 5.74) is 6.47. The number of hydrogen-bond donors (Lipinski definition) is 1. The van der Waals surface area contributed by atoms with Crippen LogP contribution in [0.1, 0.15) is 5.56 Å². The third kappa shape index (κ3) is 3.18. The highest BCUT2D eigenvalue weighted by atomic mass is 32.2. The van der Waals surface area contributed by atoms with Crippen LogP contribution in [0.25, 0.3) is 0 Å². The molecule has 1 aromatic carbocycles. The average Bonchev–Trinajstić information content (AvgIpc) is 2.89. The van der Waals surface area contributed by atoms with Crippen molar-refractivity contribution in [2.24, 2.45) is 5.73 Å². The summed E-state index contributed by atoms with van der Waals surface area (Å²) >= 11 is 0. The second kappa shape index (κ2) is 6.43. The third-order valence-electron chi connectivity index (χ3n) is 3.34. The van der Waals surface area contributed by atoms with E-state index in [9.17, 15) is 8.42 Å². The number of nitrogens with two attached hydrogens (primary N) is 1. The highest BCUT2D eigenvalue weighted by molar-refractivity contribution is 7.89. The molecule has 1 aliphatic rings.